The van der Waals surface area contributed by atoms with Crippen LogP contribution < -0.4 is 0 Å². The van der Waals surface area contributed by atoms with E-state index in [9.17, 15) is 5.11 Å². The van der Waals surface area contributed by atoms with E-state index in [1.165, 1.54) is 5.56 Å². The van der Waals surface area contributed by atoms with E-state index in [-0.39, 0.29) is 12.0 Å². The van der Waals surface area contributed by atoms with Gasteiger partial charge in [-0.3, -0.25) is 4.98 Å². The lowest BCUT2D eigenvalue weighted by Gasteiger charge is -2.19. The summed E-state index contributed by atoms with van der Waals surface area (Å²) in [4.78, 5) is 3.98. The molecule has 0 spiro atoms. The molecule has 2 unspecified atom stereocenters. The molecule has 15 heavy (non-hydrogen) atoms. The first-order valence-electron chi connectivity index (χ1n) is 5.69. The summed E-state index contributed by atoms with van der Waals surface area (Å²) in [6.45, 7) is 6.44. The van der Waals surface area contributed by atoms with Crippen molar-refractivity contribution in [3.05, 3.63) is 30.1 Å². The van der Waals surface area contributed by atoms with Crippen LogP contribution >= 0.6 is 0 Å². The lowest BCUT2D eigenvalue weighted by Crippen LogP contribution is -2.16. The number of hydrogen-bond donors (Lipinski definition) is 1. The molecule has 0 fully saturated rings. The Hall–Kier alpha value is -0.890. The molecule has 1 aromatic heterocycles. The van der Waals surface area contributed by atoms with Crippen LogP contribution in [0.25, 0.3) is 0 Å². The second kappa shape index (κ2) is 5.86. The molecule has 0 amide bonds. The molecule has 84 valence electrons. The third kappa shape index (κ3) is 4.00. The topological polar surface area (TPSA) is 33.1 Å². The fraction of sp³-hybridized carbons (Fsp3) is 0.615. The SMILES string of the molecule is CC(C)CCC(O)C(C)c1ccncc1. The first-order valence-corrected chi connectivity index (χ1v) is 5.69. The van der Waals surface area contributed by atoms with Crippen molar-refractivity contribution in [2.75, 3.05) is 0 Å². The van der Waals surface area contributed by atoms with Gasteiger partial charge < -0.3 is 5.11 Å². The molecule has 1 heterocycles. The van der Waals surface area contributed by atoms with Gasteiger partial charge in [0.25, 0.3) is 0 Å². The van der Waals surface area contributed by atoms with Crippen LogP contribution in [0.15, 0.2) is 24.5 Å². The Bertz CT molecular complexity index is 271. The highest BCUT2D eigenvalue weighted by Crippen LogP contribution is 2.22. The summed E-state index contributed by atoms with van der Waals surface area (Å²) in [5.74, 6) is 0.857. The molecule has 2 nitrogen and oxygen atoms in total. The maximum Gasteiger partial charge on any atom is 0.0606 e. The van der Waals surface area contributed by atoms with E-state index in [0.717, 1.165) is 12.8 Å². The number of rotatable bonds is 5. The molecule has 1 N–H and O–H groups in total. The lowest BCUT2D eigenvalue weighted by molar-refractivity contribution is 0.132. The molecular formula is C13H21NO. The zero-order valence-corrected chi connectivity index (χ0v) is 9.85. The Morgan fingerprint density at radius 1 is 1.13 bits per heavy atom. The van der Waals surface area contributed by atoms with E-state index in [1.807, 2.05) is 12.1 Å². The van der Waals surface area contributed by atoms with E-state index in [1.54, 1.807) is 12.4 Å². The van der Waals surface area contributed by atoms with Gasteiger partial charge in [-0.05, 0) is 36.5 Å². The van der Waals surface area contributed by atoms with Gasteiger partial charge in [0.1, 0.15) is 0 Å². The molecule has 2 atom stereocenters. The third-order valence-corrected chi connectivity index (χ3v) is 2.85. The van der Waals surface area contributed by atoms with Crippen molar-refractivity contribution in [1.82, 2.24) is 4.98 Å². The van der Waals surface area contributed by atoms with Crippen molar-refractivity contribution in [1.29, 1.82) is 0 Å². The van der Waals surface area contributed by atoms with Gasteiger partial charge in [-0.1, -0.05) is 20.8 Å². The molecule has 1 aromatic rings. The van der Waals surface area contributed by atoms with Crippen molar-refractivity contribution in [3.63, 3.8) is 0 Å². The molecule has 0 radical (unpaired) electrons. The van der Waals surface area contributed by atoms with Gasteiger partial charge >= 0.3 is 0 Å². The maximum atomic E-state index is 10.00. The second-order valence-electron chi connectivity index (χ2n) is 4.61. The highest BCUT2D eigenvalue weighted by Gasteiger charge is 2.15. The lowest BCUT2D eigenvalue weighted by atomic mass is 9.91. The summed E-state index contributed by atoms with van der Waals surface area (Å²) >= 11 is 0. The molecule has 1 rings (SSSR count). The van der Waals surface area contributed by atoms with Crippen LogP contribution in [0, 0.1) is 5.92 Å². The Morgan fingerprint density at radius 2 is 1.73 bits per heavy atom. The largest absolute Gasteiger partial charge is 0.393 e. The van der Waals surface area contributed by atoms with Crippen LogP contribution in [0.2, 0.25) is 0 Å². The zero-order chi connectivity index (χ0) is 11.3. The Morgan fingerprint density at radius 3 is 2.27 bits per heavy atom. The monoisotopic (exact) mass is 207 g/mol. The standard InChI is InChI=1S/C13H21NO/c1-10(2)4-5-13(15)11(3)12-6-8-14-9-7-12/h6-11,13,15H,4-5H2,1-3H3. The molecule has 0 bridgehead atoms. The van der Waals surface area contributed by atoms with Crippen LogP contribution in [0.1, 0.15) is 45.1 Å². The summed E-state index contributed by atoms with van der Waals surface area (Å²) in [5, 5.41) is 10.00. The first kappa shape index (κ1) is 12.2. The molecular weight excluding hydrogens is 186 g/mol. The number of aromatic nitrogens is 1. The minimum absolute atomic E-state index is 0.201. The number of aliphatic hydroxyl groups excluding tert-OH is 1. The van der Waals surface area contributed by atoms with Crippen molar-refractivity contribution >= 4 is 0 Å². The minimum Gasteiger partial charge on any atom is -0.393 e. The molecule has 0 saturated carbocycles. The van der Waals surface area contributed by atoms with Gasteiger partial charge in [0.15, 0.2) is 0 Å². The predicted molar refractivity (Wildman–Crippen MR) is 62.7 cm³/mol. The second-order valence-corrected chi connectivity index (χ2v) is 4.61. The zero-order valence-electron chi connectivity index (χ0n) is 9.85. The van der Waals surface area contributed by atoms with Gasteiger partial charge in [-0.25, -0.2) is 0 Å². The summed E-state index contributed by atoms with van der Waals surface area (Å²) in [7, 11) is 0. The molecule has 0 saturated heterocycles. The van der Waals surface area contributed by atoms with E-state index in [4.69, 9.17) is 0 Å². The van der Waals surface area contributed by atoms with E-state index >= 15 is 0 Å². The average Bonchev–Trinajstić information content (AvgIpc) is 2.26. The van der Waals surface area contributed by atoms with Crippen molar-refractivity contribution in [2.24, 2.45) is 5.92 Å². The van der Waals surface area contributed by atoms with Crippen molar-refractivity contribution < 1.29 is 5.11 Å². The molecule has 2 heteroatoms. The Labute approximate surface area is 92.4 Å². The van der Waals surface area contributed by atoms with E-state index in [0.29, 0.717) is 5.92 Å². The quantitative estimate of drug-likeness (QED) is 0.805. The summed E-state index contributed by atoms with van der Waals surface area (Å²) in [5.41, 5.74) is 1.17. The van der Waals surface area contributed by atoms with Gasteiger partial charge in [-0.15, -0.1) is 0 Å². The Balaban J connectivity index is 2.49. The summed E-state index contributed by atoms with van der Waals surface area (Å²) < 4.78 is 0. The van der Waals surface area contributed by atoms with Gasteiger partial charge in [0.05, 0.1) is 6.10 Å². The van der Waals surface area contributed by atoms with Gasteiger partial charge in [-0.2, -0.15) is 0 Å². The van der Waals surface area contributed by atoms with Gasteiger partial charge in [0.2, 0.25) is 0 Å². The molecule has 0 aromatic carbocycles. The Kier molecular flexibility index (Phi) is 4.76. The fourth-order valence-electron chi connectivity index (χ4n) is 1.64. The van der Waals surface area contributed by atoms with Crippen LogP contribution in [-0.2, 0) is 0 Å². The highest BCUT2D eigenvalue weighted by molar-refractivity contribution is 5.16. The van der Waals surface area contributed by atoms with Crippen molar-refractivity contribution in [2.45, 2.75) is 45.6 Å². The van der Waals surface area contributed by atoms with Crippen LogP contribution in [-0.4, -0.2) is 16.2 Å². The fourth-order valence-corrected chi connectivity index (χ4v) is 1.64. The minimum atomic E-state index is -0.241. The van der Waals surface area contributed by atoms with Gasteiger partial charge in [0, 0.05) is 18.3 Å². The summed E-state index contributed by atoms with van der Waals surface area (Å²) in [6, 6.07) is 3.95. The number of nitrogens with zero attached hydrogens (tertiary/aromatic N) is 1. The van der Waals surface area contributed by atoms with Crippen LogP contribution in [0.3, 0.4) is 0 Å². The molecule has 0 aliphatic carbocycles. The number of hydrogen-bond acceptors (Lipinski definition) is 2. The molecule has 0 aliphatic rings. The van der Waals surface area contributed by atoms with Crippen LogP contribution in [0.4, 0.5) is 0 Å². The average molecular weight is 207 g/mol. The normalized spacial score (nSPS) is 15.3. The summed E-state index contributed by atoms with van der Waals surface area (Å²) in [6.07, 6.45) is 5.27. The van der Waals surface area contributed by atoms with Crippen molar-refractivity contribution in [3.8, 4) is 0 Å². The van der Waals surface area contributed by atoms with E-state index in [2.05, 4.69) is 25.8 Å². The first-order chi connectivity index (χ1) is 7.11. The smallest absolute Gasteiger partial charge is 0.0606 e. The maximum absolute atomic E-state index is 10.00. The van der Waals surface area contributed by atoms with E-state index < -0.39 is 0 Å². The number of aliphatic hydroxyl groups is 1. The number of pyridine rings is 1. The third-order valence-electron chi connectivity index (χ3n) is 2.85. The van der Waals surface area contributed by atoms with Crippen LogP contribution in [0.5, 0.6) is 0 Å². The predicted octanol–water partition coefficient (Wildman–Crippen LogP) is 2.98. The highest BCUT2D eigenvalue weighted by atomic mass is 16.3. The molecule has 0 aliphatic heterocycles.